The number of nitrogens with one attached hydrogen (secondary N) is 3. The molecule has 5 heterocycles. The zero-order chi connectivity index (χ0) is 46.3. The number of aromatic nitrogens is 3. The first-order valence-electron chi connectivity index (χ1n) is 23.4. The summed E-state index contributed by atoms with van der Waals surface area (Å²) in [6.45, 7) is 2.97. The zero-order valence-corrected chi connectivity index (χ0v) is 38.0. The van der Waals surface area contributed by atoms with E-state index in [2.05, 4.69) is 25.9 Å². The molecule has 0 spiro atoms. The number of halogens is 2. The molecule has 4 N–H and O–H groups in total. The maximum atomic E-state index is 13.8. The Morgan fingerprint density at radius 3 is 2.18 bits per heavy atom. The Morgan fingerprint density at radius 1 is 0.892 bits per heavy atom. The first-order valence-corrected chi connectivity index (χ1v) is 25.0. The van der Waals surface area contributed by atoms with Crippen LogP contribution in [-0.2, 0) is 19.6 Å². The molecule has 3 atom stereocenters. The van der Waals surface area contributed by atoms with E-state index in [4.69, 9.17) is 0 Å². The van der Waals surface area contributed by atoms with E-state index in [-0.39, 0.29) is 52.7 Å². The van der Waals surface area contributed by atoms with E-state index in [1.807, 2.05) is 0 Å². The Morgan fingerprint density at radius 2 is 1.55 bits per heavy atom. The van der Waals surface area contributed by atoms with Crippen molar-refractivity contribution in [2.45, 2.75) is 159 Å². The Hall–Kier alpha value is -4.88. The van der Waals surface area contributed by atoms with Gasteiger partial charge in [0.05, 0.1) is 34.1 Å². The first-order chi connectivity index (χ1) is 31.2. The van der Waals surface area contributed by atoms with E-state index in [1.54, 1.807) is 29.4 Å². The van der Waals surface area contributed by atoms with Gasteiger partial charge < -0.3 is 15.7 Å². The highest BCUT2D eigenvalue weighted by molar-refractivity contribution is 7.89. The van der Waals surface area contributed by atoms with Crippen molar-refractivity contribution in [2.75, 3.05) is 36.0 Å². The van der Waals surface area contributed by atoms with E-state index in [0.717, 1.165) is 81.6 Å². The number of pyridine rings is 1. The number of imide groups is 2. The molecule has 3 aliphatic heterocycles. The second-order valence-corrected chi connectivity index (χ2v) is 20.4. The predicted molar refractivity (Wildman–Crippen MR) is 241 cm³/mol. The van der Waals surface area contributed by atoms with Crippen LogP contribution in [0.4, 0.5) is 20.4 Å². The summed E-state index contributed by atoms with van der Waals surface area (Å²) in [7, 11) is -3.40. The number of amides is 4. The molecule has 7 rings (SSSR count). The second kappa shape index (κ2) is 21.2. The molecule has 16 nitrogen and oxygen atoms in total. The molecule has 2 saturated heterocycles. The van der Waals surface area contributed by atoms with Crippen LogP contribution >= 0.6 is 0 Å². The number of nitrogens with zero attached hydrogens (tertiary/aromatic N) is 5. The van der Waals surface area contributed by atoms with Crippen molar-refractivity contribution in [1.29, 1.82) is 0 Å². The SMILES string of the molecule is C[C@@]1(O)CCC[C@H]1n1c(=O)c(C(F)F)cc2cnc(NC3CCN(S(=O)(=O)CCCCCCCCCCCCCCNc4cccc5c4C(=O)N(C4CCC(=O)NC4=O)C5=O)CC3)nc21. The van der Waals surface area contributed by atoms with Gasteiger partial charge in [-0.25, -0.2) is 26.5 Å². The minimum Gasteiger partial charge on any atom is -0.388 e. The molecule has 1 aliphatic carbocycles. The lowest BCUT2D eigenvalue weighted by atomic mass is 9.99. The van der Waals surface area contributed by atoms with Crippen molar-refractivity contribution in [2.24, 2.45) is 0 Å². The molecule has 0 bridgehead atoms. The highest BCUT2D eigenvalue weighted by atomic mass is 32.2. The number of aliphatic hydroxyl groups is 1. The highest BCUT2D eigenvalue weighted by Gasteiger charge is 2.46. The van der Waals surface area contributed by atoms with Crippen molar-refractivity contribution >= 4 is 56.3 Å². The molecule has 3 aromatic rings. The monoisotopic (exact) mass is 924 g/mol. The van der Waals surface area contributed by atoms with Crippen LogP contribution in [-0.4, -0.2) is 104 Å². The van der Waals surface area contributed by atoms with Crippen LogP contribution in [0.2, 0.25) is 0 Å². The van der Waals surface area contributed by atoms with Gasteiger partial charge in [0.15, 0.2) is 0 Å². The van der Waals surface area contributed by atoms with Gasteiger partial charge in [0.25, 0.3) is 23.8 Å². The smallest absolute Gasteiger partial charge is 0.269 e. The standard InChI is InChI=1S/C46H62F2N8O8S/c1-46(62)23-15-18-36(46)56-40-30(28-33(39(47)48)43(56)60)29-50-45(53-40)51-31-21-25-54(26-22-31)65(63,64)27-13-11-9-7-5-3-2-4-6-8-10-12-24-49-34-17-14-16-32-38(34)44(61)55(42(32)59)35-19-20-37(57)52-41(35)58/h14,16-17,28-29,31,35-36,39,49,62H,2-13,15,18-27H2,1H3,(H,50,51,53)(H,52,57,58)/t35?,36-,46-/m1/s1. The van der Waals surface area contributed by atoms with E-state index in [1.165, 1.54) is 10.8 Å². The van der Waals surface area contributed by atoms with Crippen molar-refractivity contribution in [3.63, 3.8) is 0 Å². The predicted octanol–water partition coefficient (Wildman–Crippen LogP) is 6.61. The third-order valence-electron chi connectivity index (χ3n) is 13.5. The number of rotatable bonds is 22. The lowest BCUT2D eigenvalue weighted by Crippen LogP contribution is -2.54. The molecule has 4 amide bonds. The first kappa shape index (κ1) is 48.1. The molecular formula is C46H62F2N8O8S. The van der Waals surface area contributed by atoms with Crippen molar-refractivity contribution in [1.82, 2.24) is 29.1 Å². The summed E-state index contributed by atoms with van der Waals surface area (Å²) in [5.41, 5.74) is -1.48. The van der Waals surface area contributed by atoms with Gasteiger partial charge in [0.1, 0.15) is 11.7 Å². The van der Waals surface area contributed by atoms with E-state index >= 15 is 0 Å². The maximum Gasteiger partial charge on any atom is 0.269 e. The lowest BCUT2D eigenvalue weighted by Gasteiger charge is -2.32. The average Bonchev–Trinajstić information content (AvgIpc) is 3.75. The van der Waals surface area contributed by atoms with E-state index < -0.39 is 68.9 Å². The fourth-order valence-electron chi connectivity index (χ4n) is 9.85. The minimum absolute atomic E-state index is 0.0761. The number of unbranched alkanes of at least 4 members (excludes halogenated alkanes) is 11. The van der Waals surface area contributed by atoms with Crippen molar-refractivity contribution in [3.8, 4) is 0 Å². The summed E-state index contributed by atoms with van der Waals surface area (Å²) in [6, 6.07) is 4.38. The third-order valence-corrected chi connectivity index (χ3v) is 15.5. The normalized spacial score (nSPS) is 22.0. The van der Waals surface area contributed by atoms with E-state index in [9.17, 15) is 46.3 Å². The van der Waals surface area contributed by atoms with Crippen LogP contribution in [0, 0.1) is 0 Å². The summed E-state index contributed by atoms with van der Waals surface area (Å²) in [5.74, 6) is -1.73. The highest BCUT2D eigenvalue weighted by Crippen LogP contribution is 2.40. The Kier molecular flexibility index (Phi) is 15.7. The number of carbonyl (C=O) groups is 4. The van der Waals surface area contributed by atoms with Gasteiger partial charge in [-0.05, 0) is 76.5 Å². The van der Waals surface area contributed by atoms with E-state index in [0.29, 0.717) is 63.8 Å². The molecular weight excluding hydrogens is 863 g/mol. The number of benzene rings is 1. The molecule has 19 heteroatoms. The largest absolute Gasteiger partial charge is 0.388 e. The van der Waals surface area contributed by atoms with Gasteiger partial charge in [-0.2, -0.15) is 4.98 Å². The number of alkyl halides is 2. The number of piperidine rings is 2. The summed E-state index contributed by atoms with van der Waals surface area (Å²) in [5, 5.41) is 20.1. The fourth-order valence-corrected chi connectivity index (χ4v) is 11.4. The van der Waals surface area contributed by atoms with Crippen molar-refractivity contribution < 1.29 is 41.5 Å². The minimum atomic E-state index is -3.40. The molecule has 1 saturated carbocycles. The Labute approximate surface area is 378 Å². The summed E-state index contributed by atoms with van der Waals surface area (Å²) in [4.78, 5) is 73.4. The van der Waals surface area contributed by atoms with Crippen molar-refractivity contribution in [3.05, 3.63) is 57.5 Å². The Balaban J connectivity index is 0.731. The van der Waals surface area contributed by atoms with Crippen LogP contribution in [0.25, 0.3) is 11.0 Å². The number of fused-ring (bicyclic) bond motifs is 2. The number of hydrogen-bond acceptors (Lipinski definition) is 12. The van der Waals surface area contributed by atoms with Gasteiger partial charge in [0.2, 0.25) is 27.8 Å². The van der Waals surface area contributed by atoms with Crippen LogP contribution in [0.15, 0.2) is 35.3 Å². The fraction of sp³-hybridized carbons (Fsp3) is 0.630. The molecule has 3 fully saturated rings. The molecule has 1 unspecified atom stereocenters. The zero-order valence-electron chi connectivity index (χ0n) is 37.2. The summed E-state index contributed by atoms with van der Waals surface area (Å²) in [6.07, 6.45) is 13.5. The average molecular weight is 925 g/mol. The van der Waals surface area contributed by atoms with Crippen LogP contribution in [0.5, 0.6) is 0 Å². The van der Waals surface area contributed by atoms with Crippen LogP contribution in [0.3, 0.4) is 0 Å². The molecule has 354 valence electrons. The van der Waals surface area contributed by atoms with Gasteiger partial charge in [-0.1, -0.05) is 70.3 Å². The number of anilines is 2. The van der Waals surface area contributed by atoms with Crippen LogP contribution in [0.1, 0.15) is 168 Å². The lowest BCUT2D eigenvalue weighted by molar-refractivity contribution is -0.136. The summed E-state index contributed by atoms with van der Waals surface area (Å²) >= 11 is 0. The number of carbonyl (C=O) groups excluding carboxylic acids is 4. The molecule has 4 aliphatic rings. The maximum absolute atomic E-state index is 13.8. The van der Waals surface area contributed by atoms with Gasteiger partial charge in [-0.15, -0.1) is 0 Å². The van der Waals surface area contributed by atoms with Gasteiger partial charge in [-0.3, -0.25) is 38.8 Å². The topological polar surface area (TPSA) is 213 Å². The molecule has 0 radical (unpaired) electrons. The number of sulfonamides is 1. The third kappa shape index (κ3) is 11.2. The van der Waals surface area contributed by atoms with Gasteiger partial charge in [0, 0.05) is 49.4 Å². The number of hydrogen-bond donors (Lipinski definition) is 4. The molecule has 1 aromatic carbocycles. The molecule has 2 aromatic heterocycles. The van der Waals surface area contributed by atoms with Gasteiger partial charge >= 0.3 is 0 Å². The quantitative estimate of drug-likeness (QED) is 0.0620. The summed E-state index contributed by atoms with van der Waals surface area (Å²) < 4.78 is 56.8. The molecule has 65 heavy (non-hydrogen) atoms. The Bertz CT molecular complexity index is 2410. The van der Waals surface area contributed by atoms with Crippen LogP contribution < -0.4 is 21.5 Å². The second-order valence-electron chi connectivity index (χ2n) is 18.3.